The van der Waals surface area contributed by atoms with Crippen LogP contribution in [0.1, 0.15) is 53.7 Å². The van der Waals surface area contributed by atoms with E-state index in [-0.39, 0.29) is 5.78 Å². The van der Waals surface area contributed by atoms with Gasteiger partial charge in [0.25, 0.3) is 0 Å². The van der Waals surface area contributed by atoms with E-state index in [9.17, 15) is 4.79 Å². The lowest BCUT2D eigenvalue weighted by atomic mass is 9.90. The van der Waals surface area contributed by atoms with Gasteiger partial charge in [-0.25, -0.2) is 0 Å². The molecule has 2 aromatic carbocycles. The monoisotopic (exact) mass is 266 g/mol. The molecule has 0 radical (unpaired) electrons. The fraction of sp³-hybridized carbons (Fsp3) is 0.316. The van der Waals surface area contributed by atoms with Crippen LogP contribution in [0.5, 0.6) is 0 Å². The third kappa shape index (κ3) is 3.16. The van der Waals surface area contributed by atoms with E-state index in [1.54, 1.807) is 0 Å². The number of hydrogen-bond donors (Lipinski definition) is 0. The van der Waals surface area contributed by atoms with Gasteiger partial charge < -0.3 is 0 Å². The van der Waals surface area contributed by atoms with Crippen LogP contribution in [0.25, 0.3) is 0 Å². The lowest BCUT2D eigenvalue weighted by Crippen LogP contribution is -2.09. The first-order valence-electron chi connectivity index (χ1n) is 7.48. The van der Waals surface area contributed by atoms with E-state index in [0.717, 1.165) is 36.8 Å². The molecule has 1 nitrogen and oxygen atoms in total. The highest BCUT2D eigenvalue weighted by Gasteiger charge is 2.16. The van der Waals surface area contributed by atoms with Crippen molar-refractivity contribution in [3.63, 3.8) is 0 Å². The summed E-state index contributed by atoms with van der Waals surface area (Å²) in [6, 6.07) is 15.9. The maximum absolute atomic E-state index is 12.8. The van der Waals surface area contributed by atoms with Gasteiger partial charge in [0.05, 0.1) is 0 Å². The van der Waals surface area contributed by atoms with Crippen molar-refractivity contribution < 1.29 is 4.79 Å². The van der Waals surface area contributed by atoms with Crippen molar-refractivity contribution >= 4 is 5.78 Å². The maximum atomic E-state index is 12.8. The molecule has 0 fully saturated rings. The molecule has 0 amide bonds. The molecule has 0 aromatic heterocycles. The molecule has 0 bridgehead atoms. The van der Waals surface area contributed by atoms with Crippen LogP contribution in [-0.4, -0.2) is 5.78 Å². The van der Waals surface area contributed by atoms with Crippen LogP contribution in [0, 0.1) is 0 Å². The van der Waals surface area contributed by atoms with Crippen molar-refractivity contribution in [2.24, 2.45) is 0 Å². The van der Waals surface area contributed by atoms with E-state index in [0.29, 0.717) is 0 Å². The lowest BCUT2D eigenvalue weighted by molar-refractivity contribution is 0.103. The molecule has 0 heterocycles. The Hall–Kier alpha value is -1.89. The highest BCUT2D eigenvalue weighted by atomic mass is 16.1. The van der Waals surface area contributed by atoms with Gasteiger partial charge in [-0.1, -0.05) is 75.2 Å². The second-order valence-electron chi connectivity index (χ2n) is 5.15. The van der Waals surface area contributed by atoms with Crippen LogP contribution in [0.15, 0.2) is 48.5 Å². The van der Waals surface area contributed by atoms with Crippen molar-refractivity contribution in [2.45, 2.75) is 39.5 Å². The Morgan fingerprint density at radius 3 is 1.85 bits per heavy atom. The summed E-state index contributed by atoms with van der Waals surface area (Å²) in [6.07, 6.45) is 4.05. The van der Waals surface area contributed by atoms with Crippen molar-refractivity contribution in [3.05, 3.63) is 70.8 Å². The van der Waals surface area contributed by atoms with Gasteiger partial charge in [-0.15, -0.1) is 0 Å². The number of aryl methyl sites for hydroxylation is 2. The van der Waals surface area contributed by atoms with Crippen LogP contribution in [0.3, 0.4) is 0 Å². The minimum atomic E-state index is 0.165. The van der Waals surface area contributed by atoms with Crippen molar-refractivity contribution in [1.29, 1.82) is 0 Å². The SMILES string of the molecule is CCCc1cccc(CCC)c1C(=O)c1ccccc1. The van der Waals surface area contributed by atoms with Gasteiger partial charge in [0.15, 0.2) is 5.78 Å². The van der Waals surface area contributed by atoms with Gasteiger partial charge in [0.2, 0.25) is 0 Å². The quantitative estimate of drug-likeness (QED) is 0.685. The molecule has 0 spiro atoms. The summed E-state index contributed by atoms with van der Waals surface area (Å²) >= 11 is 0. The molecular weight excluding hydrogens is 244 g/mol. The molecule has 0 aliphatic heterocycles. The van der Waals surface area contributed by atoms with Crippen LogP contribution >= 0.6 is 0 Å². The first kappa shape index (κ1) is 14.5. The number of benzene rings is 2. The highest BCUT2D eigenvalue weighted by Crippen LogP contribution is 2.22. The predicted molar refractivity (Wildman–Crippen MR) is 84.3 cm³/mol. The van der Waals surface area contributed by atoms with Gasteiger partial charge in [-0.2, -0.15) is 0 Å². The summed E-state index contributed by atoms with van der Waals surface area (Å²) in [4.78, 5) is 12.8. The molecule has 0 unspecified atom stereocenters. The van der Waals surface area contributed by atoms with E-state index >= 15 is 0 Å². The Balaban J connectivity index is 2.49. The average molecular weight is 266 g/mol. The minimum absolute atomic E-state index is 0.165. The summed E-state index contributed by atoms with van der Waals surface area (Å²) in [7, 11) is 0. The van der Waals surface area contributed by atoms with E-state index in [2.05, 4.69) is 32.0 Å². The normalized spacial score (nSPS) is 10.5. The number of carbonyl (C=O) groups is 1. The van der Waals surface area contributed by atoms with E-state index in [1.807, 2.05) is 30.3 Å². The molecule has 2 aromatic rings. The Labute approximate surface area is 121 Å². The van der Waals surface area contributed by atoms with Gasteiger partial charge >= 0.3 is 0 Å². The summed E-state index contributed by atoms with van der Waals surface area (Å²) in [5.41, 5.74) is 4.09. The third-order valence-corrected chi connectivity index (χ3v) is 3.54. The van der Waals surface area contributed by atoms with Gasteiger partial charge in [0.1, 0.15) is 0 Å². The first-order valence-corrected chi connectivity index (χ1v) is 7.48. The van der Waals surface area contributed by atoms with Crippen molar-refractivity contribution in [1.82, 2.24) is 0 Å². The zero-order valence-electron chi connectivity index (χ0n) is 12.4. The number of hydrogen-bond acceptors (Lipinski definition) is 1. The molecule has 0 saturated heterocycles. The van der Waals surface area contributed by atoms with Crippen LogP contribution in [-0.2, 0) is 12.8 Å². The van der Waals surface area contributed by atoms with E-state index in [1.165, 1.54) is 11.1 Å². The molecule has 0 atom stereocenters. The molecule has 0 aliphatic carbocycles. The molecular formula is C19H22O. The zero-order chi connectivity index (χ0) is 14.4. The van der Waals surface area contributed by atoms with Crippen molar-refractivity contribution in [2.75, 3.05) is 0 Å². The van der Waals surface area contributed by atoms with E-state index < -0.39 is 0 Å². The molecule has 2 rings (SSSR count). The Morgan fingerprint density at radius 2 is 1.35 bits per heavy atom. The summed E-state index contributed by atoms with van der Waals surface area (Å²) in [5.74, 6) is 0.165. The van der Waals surface area contributed by atoms with Gasteiger partial charge in [-0.3, -0.25) is 4.79 Å². The predicted octanol–water partition coefficient (Wildman–Crippen LogP) is 4.82. The second kappa shape index (κ2) is 7.04. The lowest BCUT2D eigenvalue weighted by Gasteiger charge is -2.13. The maximum Gasteiger partial charge on any atom is 0.193 e. The number of carbonyl (C=O) groups excluding carboxylic acids is 1. The van der Waals surface area contributed by atoms with Crippen molar-refractivity contribution in [3.8, 4) is 0 Å². The summed E-state index contributed by atoms with van der Waals surface area (Å²) in [5, 5.41) is 0. The molecule has 0 saturated carbocycles. The molecule has 0 aliphatic rings. The fourth-order valence-electron chi connectivity index (χ4n) is 2.63. The standard InChI is InChI=1S/C19H22O/c1-3-9-15-13-8-14-16(10-4-2)18(15)19(20)17-11-6-5-7-12-17/h5-8,11-14H,3-4,9-10H2,1-2H3. The van der Waals surface area contributed by atoms with Crippen LogP contribution < -0.4 is 0 Å². The molecule has 20 heavy (non-hydrogen) atoms. The topological polar surface area (TPSA) is 17.1 Å². The van der Waals surface area contributed by atoms with Crippen LogP contribution in [0.4, 0.5) is 0 Å². The third-order valence-electron chi connectivity index (χ3n) is 3.54. The molecule has 1 heteroatoms. The average Bonchev–Trinajstić information content (AvgIpc) is 2.48. The second-order valence-corrected chi connectivity index (χ2v) is 5.15. The minimum Gasteiger partial charge on any atom is -0.289 e. The molecule has 104 valence electrons. The fourth-order valence-corrected chi connectivity index (χ4v) is 2.63. The zero-order valence-corrected chi connectivity index (χ0v) is 12.4. The van der Waals surface area contributed by atoms with Gasteiger partial charge in [-0.05, 0) is 24.0 Å². The Bertz CT molecular complexity index is 545. The Morgan fingerprint density at radius 1 is 0.800 bits per heavy atom. The van der Waals surface area contributed by atoms with E-state index in [4.69, 9.17) is 0 Å². The molecule has 0 N–H and O–H groups in total. The number of ketones is 1. The highest BCUT2D eigenvalue weighted by molar-refractivity contribution is 6.10. The number of rotatable bonds is 6. The van der Waals surface area contributed by atoms with Gasteiger partial charge in [0, 0.05) is 11.1 Å². The smallest absolute Gasteiger partial charge is 0.193 e. The summed E-state index contributed by atoms with van der Waals surface area (Å²) in [6.45, 7) is 4.31. The largest absolute Gasteiger partial charge is 0.289 e. The summed E-state index contributed by atoms with van der Waals surface area (Å²) < 4.78 is 0. The first-order chi connectivity index (χ1) is 9.77. The Kier molecular flexibility index (Phi) is 5.11. The van der Waals surface area contributed by atoms with Crippen LogP contribution in [0.2, 0.25) is 0 Å².